The largest absolute Gasteiger partial charge is 0.369 e. The molecule has 0 spiro atoms. The summed E-state index contributed by atoms with van der Waals surface area (Å²) < 4.78 is 41.3. The highest BCUT2D eigenvalue weighted by Crippen LogP contribution is 2.32. The molecule has 0 saturated carbocycles. The lowest BCUT2D eigenvalue weighted by Crippen LogP contribution is -2.48. The molecule has 2 heterocycles. The highest BCUT2D eigenvalue weighted by molar-refractivity contribution is 7.89. The molecule has 164 valence electrons. The topological polar surface area (TPSA) is 78.0 Å². The van der Waals surface area contributed by atoms with E-state index in [1.54, 1.807) is 29.2 Å². The van der Waals surface area contributed by atoms with Crippen molar-refractivity contribution in [2.24, 2.45) is 0 Å². The second-order valence-corrected chi connectivity index (χ2v) is 9.60. The Morgan fingerprint density at radius 2 is 1.81 bits per heavy atom. The van der Waals surface area contributed by atoms with E-state index in [1.165, 1.54) is 16.4 Å². The first-order valence-corrected chi connectivity index (χ1v) is 11.7. The van der Waals surface area contributed by atoms with Crippen molar-refractivity contribution in [1.82, 2.24) is 4.31 Å². The van der Waals surface area contributed by atoms with Crippen LogP contribution in [0.4, 0.5) is 15.8 Å². The predicted molar refractivity (Wildman–Crippen MR) is 115 cm³/mol. The molecule has 0 bridgehead atoms. The smallest absolute Gasteiger partial charge is 0.243 e. The lowest BCUT2D eigenvalue weighted by atomic mass is 10.2. The van der Waals surface area contributed by atoms with Crippen LogP contribution in [0.1, 0.15) is 18.4 Å². The summed E-state index contributed by atoms with van der Waals surface area (Å²) in [6.45, 7) is 2.07. The van der Waals surface area contributed by atoms with Crippen molar-refractivity contribution in [3.8, 4) is 0 Å². The molecule has 2 aromatic rings. The fourth-order valence-electron chi connectivity index (χ4n) is 4.12. The Balaban J connectivity index is 1.46. The predicted octanol–water partition coefficient (Wildman–Crippen LogP) is 2.20. The third-order valence-corrected chi connectivity index (χ3v) is 7.67. The minimum absolute atomic E-state index is 0.130. The van der Waals surface area contributed by atoms with Gasteiger partial charge in [-0.15, -0.1) is 0 Å². The van der Waals surface area contributed by atoms with Gasteiger partial charge in [0.05, 0.1) is 4.90 Å². The Hall–Kier alpha value is -2.78. The maximum Gasteiger partial charge on any atom is 0.243 e. The number of carbonyl (C=O) groups is 2. The van der Waals surface area contributed by atoms with Crippen molar-refractivity contribution in [3.05, 3.63) is 53.8 Å². The molecule has 0 aromatic heterocycles. The Labute approximate surface area is 181 Å². The minimum Gasteiger partial charge on any atom is -0.369 e. The van der Waals surface area contributed by atoms with Crippen LogP contribution >= 0.6 is 0 Å². The summed E-state index contributed by atoms with van der Waals surface area (Å²) in [6.07, 6.45) is 1.63. The number of sulfonamides is 1. The van der Waals surface area contributed by atoms with Crippen LogP contribution in [0, 0.1) is 5.82 Å². The lowest BCUT2D eigenvalue weighted by Gasteiger charge is -2.35. The monoisotopic (exact) mass is 445 g/mol. The number of piperazine rings is 1. The second-order valence-electron chi connectivity index (χ2n) is 7.66. The van der Waals surface area contributed by atoms with Crippen LogP contribution in [0.25, 0.3) is 0 Å². The average molecular weight is 446 g/mol. The van der Waals surface area contributed by atoms with Crippen LogP contribution in [0.15, 0.2) is 47.4 Å². The molecule has 0 atom stereocenters. The number of carbonyl (C=O) groups excluding carboxylic acids is 2. The summed E-state index contributed by atoms with van der Waals surface area (Å²) in [7, 11) is -3.67. The average Bonchev–Trinajstić information content (AvgIpc) is 3.21. The van der Waals surface area contributed by atoms with Crippen molar-refractivity contribution in [2.45, 2.75) is 24.2 Å². The molecule has 1 amide bonds. The molecule has 0 N–H and O–H groups in total. The summed E-state index contributed by atoms with van der Waals surface area (Å²) >= 11 is 0. The van der Waals surface area contributed by atoms with Gasteiger partial charge in [0.2, 0.25) is 15.9 Å². The first kappa shape index (κ1) is 21.5. The highest BCUT2D eigenvalue weighted by atomic mass is 32.2. The third kappa shape index (κ3) is 4.33. The molecule has 31 heavy (non-hydrogen) atoms. The van der Waals surface area contributed by atoms with Gasteiger partial charge >= 0.3 is 0 Å². The molecule has 7 nitrogen and oxygen atoms in total. The van der Waals surface area contributed by atoms with E-state index in [0.29, 0.717) is 44.8 Å². The van der Waals surface area contributed by atoms with Crippen LogP contribution in [-0.4, -0.2) is 57.6 Å². The number of amides is 1. The van der Waals surface area contributed by atoms with E-state index >= 15 is 0 Å². The van der Waals surface area contributed by atoms with E-state index in [0.717, 1.165) is 17.5 Å². The van der Waals surface area contributed by atoms with Gasteiger partial charge in [0, 0.05) is 56.9 Å². The maximum absolute atomic E-state index is 13.5. The standard InChI is InChI=1S/C22H24FN3O4S/c23-18-3-1-4-19(16-18)24-10-12-25(13-11-24)31(29,30)20-6-7-21-17(15-20)8-9-26(21)22(28)5-2-14-27/h1,3-4,6-7,14-16H,2,5,8-13H2. The van der Waals surface area contributed by atoms with E-state index in [9.17, 15) is 22.4 Å². The third-order valence-electron chi connectivity index (χ3n) is 5.77. The number of benzene rings is 2. The minimum atomic E-state index is -3.67. The van der Waals surface area contributed by atoms with Crippen LogP contribution < -0.4 is 9.80 Å². The van der Waals surface area contributed by atoms with E-state index in [-0.39, 0.29) is 29.5 Å². The number of nitrogens with zero attached hydrogens (tertiary/aromatic N) is 3. The van der Waals surface area contributed by atoms with Gasteiger partial charge in [-0.2, -0.15) is 4.31 Å². The molecular formula is C22H24FN3O4S. The molecule has 1 saturated heterocycles. The molecule has 0 aliphatic carbocycles. The number of rotatable bonds is 6. The Kier molecular flexibility index (Phi) is 6.06. The number of hydrogen-bond acceptors (Lipinski definition) is 5. The molecule has 2 aliphatic heterocycles. The zero-order valence-corrected chi connectivity index (χ0v) is 17.9. The first-order valence-electron chi connectivity index (χ1n) is 10.3. The van der Waals surface area contributed by atoms with Crippen molar-refractivity contribution in [2.75, 3.05) is 42.5 Å². The van der Waals surface area contributed by atoms with Gasteiger partial charge in [-0.05, 0) is 48.4 Å². The second kappa shape index (κ2) is 8.76. The Bertz CT molecular complexity index is 1100. The van der Waals surface area contributed by atoms with E-state index in [4.69, 9.17) is 0 Å². The zero-order valence-electron chi connectivity index (χ0n) is 17.0. The molecule has 0 radical (unpaired) electrons. The molecule has 1 fully saturated rings. The van der Waals surface area contributed by atoms with Crippen LogP contribution in [-0.2, 0) is 26.0 Å². The fourth-order valence-corrected chi connectivity index (χ4v) is 5.60. The number of fused-ring (bicyclic) bond motifs is 1. The van der Waals surface area contributed by atoms with Gasteiger partial charge < -0.3 is 14.6 Å². The van der Waals surface area contributed by atoms with Crippen molar-refractivity contribution in [1.29, 1.82) is 0 Å². The van der Waals surface area contributed by atoms with Gasteiger partial charge in [-0.3, -0.25) is 4.79 Å². The zero-order chi connectivity index (χ0) is 22.0. The van der Waals surface area contributed by atoms with Crippen molar-refractivity contribution < 1.29 is 22.4 Å². The van der Waals surface area contributed by atoms with Crippen molar-refractivity contribution in [3.63, 3.8) is 0 Å². The summed E-state index contributed by atoms with van der Waals surface area (Å²) in [4.78, 5) is 26.6. The van der Waals surface area contributed by atoms with E-state index in [2.05, 4.69) is 0 Å². The molecule has 2 aliphatic rings. The maximum atomic E-state index is 13.5. The van der Waals surface area contributed by atoms with Crippen LogP contribution in [0.5, 0.6) is 0 Å². The van der Waals surface area contributed by atoms with Gasteiger partial charge in [-0.25, -0.2) is 12.8 Å². The number of aldehydes is 1. The quantitative estimate of drug-likeness (QED) is 0.637. The van der Waals surface area contributed by atoms with Gasteiger partial charge in [0.1, 0.15) is 12.1 Å². The molecular weight excluding hydrogens is 421 g/mol. The van der Waals surface area contributed by atoms with Gasteiger partial charge in [0.15, 0.2) is 0 Å². The number of anilines is 2. The van der Waals surface area contributed by atoms with Crippen molar-refractivity contribution >= 4 is 33.6 Å². The molecule has 9 heteroatoms. The highest BCUT2D eigenvalue weighted by Gasteiger charge is 2.31. The van der Waals surface area contributed by atoms with Crippen LogP contribution in [0.3, 0.4) is 0 Å². The molecule has 4 rings (SSSR count). The first-order chi connectivity index (χ1) is 14.9. The molecule has 0 unspecified atom stereocenters. The summed E-state index contributed by atoms with van der Waals surface area (Å²) in [5, 5.41) is 0. The Morgan fingerprint density at radius 1 is 1.03 bits per heavy atom. The van der Waals surface area contributed by atoms with Crippen LogP contribution in [0.2, 0.25) is 0 Å². The molecule has 2 aromatic carbocycles. The number of halogens is 1. The van der Waals surface area contributed by atoms with Gasteiger partial charge in [0.25, 0.3) is 0 Å². The Morgan fingerprint density at radius 3 is 2.52 bits per heavy atom. The summed E-state index contributed by atoms with van der Waals surface area (Å²) in [5.74, 6) is -0.445. The number of hydrogen-bond donors (Lipinski definition) is 0. The lowest BCUT2D eigenvalue weighted by molar-refractivity contribution is -0.120. The van der Waals surface area contributed by atoms with E-state index in [1.807, 2.05) is 11.0 Å². The summed E-state index contributed by atoms with van der Waals surface area (Å²) in [6, 6.07) is 11.2. The van der Waals surface area contributed by atoms with E-state index < -0.39 is 10.0 Å². The van der Waals surface area contributed by atoms with Gasteiger partial charge in [-0.1, -0.05) is 6.07 Å². The SMILES string of the molecule is O=CCCC(=O)N1CCc2cc(S(=O)(=O)N3CCN(c4cccc(F)c4)CC3)ccc21. The fraction of sp³-hybridized carbons (Fsp3) is 0.364. The normalized spacial score (nSPS) is 16.9. The summed E-state index contributed by atoms with van der Waals surface area (Å²) in [5.41, 5.74) is 2.28.